The fraction of sp³-hybridized carbons (Fsp3) is 0.778. The van der Waals surface area contributed by atoms with Crippen LogP contribution >= 0.6 is 23.3 Å². The van der Waals surface area contributed by atoms with Crippen LogP contribution in [0.1, 0.15) is 19.3 Å². The summed E-state index contributed by atoms with van der Waals surface area (Å²) >= 11 is 7.00. The first-order valence-electron chi connectivity index (χ1n) is 5.19. The Morgan fingerprint density at radius 3 is 3.07 bits per heavy atom. The minimum absolute atomic E-state index is 0.485. The lowest BCUT2D eigenvalue weighted by Gasteiger charge is -2.32. The molecule has 0 radical (unpaired) electrons. The summed E-state index contributed by atoms with van der Waals surface area (Å²) in [6, 6.07) is 0.594. The van der Waals surface area contributed by atoms with E-state index in [0.29, 0.717) is 11.2 Å². The minimum atomic E-state index is 0.485. The molecule has 1 N–H and O–H groups in total. The topological polar surface area (TPSA) is 41.0 Å². The van der Waals surface area contributed by atoms with Crippen LogP contribution in [0.25, 0.3) is 0 Å². The molecule has 0 saturated carbocycles. The summed E-state index contributed by atoms with van der Waals surface area (Å²) in [4.78, 5) is 2.39. The van der Waals surface area contributed by atoms with Crippen LogP contribution in [0.15, 0.2) is 0 Å². The largest absolute Gasteiger partial charge is 0.365 e. The fourth-order valence-electron chi connectivity index (χ4n) is 1.90. The van der Waals surface area contributed by atoms with Gasteiger partial charge in [0, 0.05) is 12.6 Å². The van der Waals surface area contributed by atoms with Crippen LogP contribution in [-0.2, 0) is 0 Å². The number of anilines is 1. The molecule has 0 spiro atoms. The molecular formula is C9H15ClN4S. The normalized spacial score (nSPS) is 22.9. The molecule has 0 bridgehead atoms. The van der Waals surface area contributed by atoms with Crippen molar-refractivity contribution in [2.45, 2.75) is 25.3 Å². The lowest BCUT2D eigenvalue weighted by atomic mass is 10.0. The van der Waals surface area contributed by atoms with Gasteiger partial charge in [0.15, 0.2) is 11.0 Å². The molecule has 0 amide bonds. The smallest absolute Gasteiger partial charge is 0.186 e. The van der Waals surface area contributed by atoms with Crippen molar-refractivity contribution in [1.29, 1.82) is 0 Å². The third-order valence-corrected chi connectivity index (χ3v) is 3.77. The average molecular weight is 247 g/mol. The molecule has 4 nitrogen and oxygen atoms in total. The lowest BCUT2D eigenvalue weighted by Crippen LogP contribution is -2.40. The van der Waals surface area contributed by atoms with E-state index in [2.05, 4.69) is 26.0 Å². The second-order valence-electron chi connectivity index (χ2n) is 3.91. The maximum Gasteiger partial charge on any atom is 0.186 e. The van der Waals surface area contributed by atoms with E-state index >= 15 is 0 Å². The zero-order chi connectivity index (χ0) is 10.7. The number of likely N-dealkylation sites (tertiary alicyclic amines) is 1. The molecule has 1 aliphatic rings. The molecule has 6 heteroatoms. The van der Waals surface area contributed by atoms with Crippen LogP contribution in [0.2, 0.25) is 5.15 Å². The summed E-state index contributed by atoms with van der Waals surface area (Å²) in [7, 11) is 2.17. The predicted octanol–water partition coefficient (Wildman–Crippen LogP) is 2.09. The quantitative estimate of drug-likeness (QED) is 0.887. The maximum absolute atomic E-state index is 5.85. The summed E-state index contributed by atoms with van der Waals surface area (Å²) in [6.07, 6.45) is 3.88. The Kier molecular flexibility index (Phi) is 3.77. The van der Waals surface area contributed by atoms with Gasteiger partial charge < -0.3 is 10.2 Å². The number of piperidine rings is 1. The Morgan fingerprint density at radius 1 is 1.53 bits per heavy atom. The third-order valence-electron chi connectivity index (χ3n) is 2.88. The van der Waals surface area contributed by atoms with Crippen LogP contribution in [0, 0.1) is 0 Å². The summed E-state index contributed by atoms with van der Waals surface area (Å²) in [5.41, 5.74) is 0. The fourth-order valence-corrected chi connectivity index (χ4v) is 2.58. The van der Waals surface area contributed by atoms with Crippen LogP contribution in [0.5, 0.6) is 0 Å². The number of hydrogen-bond donors (Lipinski definition) is 1. The number of nitrogens with zero attached hydrogens (tertiary/aromatic N) is 3. The molecule has 0 aliphatic carbocycles. The van der Waals surface area contributed by atoms with E-state index in [1.165, 1.54) is 25.8 Å². The van der Waals surface area contributed by atoms with Gasteiger partial charge in [-0.15, -0.1) is 0 Å². The van der Waals surface area contributed by atoms with E-state index in [-0.39, 0.29) is 0 Å². The Bertz CT molecular complexity index is 317. The highest BCUT2D eigenvalue weighted by Gasteiger charge is 2.19. The number of halogens is 1. The van der Waals surface area contributed by atoms with Gasteiger partial charge in [0.05, 0.1) is 11.7 Å². The molecule has 1 fully saturated rings. The van der Waals surface area contributed by atoms with Crippen molar-refractivity contribution in [2.24, 2.45) is 0 Å². The molecule has 1 atom stereocenters. The Morgan fingerprint density at radius 2 is 2.40 bits per heavy atom. The average Bonchev–Trinajstić information content (AvgIpc) is 2.63. The number of aromatic nitrogens is 2. The molecule has 1 unspecified atom stereocenters. The highest BCUT2D eigenvalue weighted by Crippen LogP contribution is 2.20. The highest BCUT2D eigenvalue weighted by atomic mass is 35.5. The SMILES string of the molecule is CN1CCCCC1CNc1nsnc1Cl. The molecule has 1 saturated heterocycles. The van der Waals surface area contributed by atoms with Gasteiger partial charge in [0.1, 0.15) is 0 Å². The number of nitrogens with one attached hydrogen (secondary N) is 1. The molecule has 2 rings (SSSR count). The zero-order valence-electron chi connectivity index (χ0n) is 8.74. The first-order valence-corrected chi connectivity index (χ1v) is 6.30. The lowest BCUT2D eigenvalue weighted by molar-refractivity contribution is 0.194. The molecule has 1 aromatic heterocycles. The molecule has 84 valence electrons. The molecule has 15 heavy (non-hydrogen) atoms. The van der Waals surface area contributed by atoms with E-state index in [1.807, 2.05) is 0 Å². The van der Waals surface area contributed by atoms with E-state index < -0.39 is 0 Å². The molecule has 0 aromatic carbocycles. The van der Waals surface area contributed by atoms with Gasteiger partial charge in [0.25, 0.3) is 0 Å². The van der Waals surface area contributed by atoms with Gasteiger partial charge in [-0.1, -0.05) is 18.0 Å². The standard InChI is InChI=1S/C9H15ClN4S/c1-14-5-3-2-4-7(14)6-11-9-8(10)12-15-13-9/h7H,2-6H2,1H3,(H,11,13). The summed E-state index contributed by atoms with van der Waals surface area (Å²) in [5.74, 6) is 0.723. The first kappa shape index (κ1) is 11.1. The Labute approximate surface area is 99.0 Å². The van der Waals surface area contributed by atoms with E-state index in [1.54, 1.807) is 0 Å². The van der Waals surface area contributed by atoms with Crippen molar-refractivity contribution in [1.82, 2.24) is 13.6 Å². The maximum atomic E-state index is 5.85. The van der Waals surface area contributed by atoms with Crippen LogP contribution < -0.4 is 5.32 Å². The third kappa shape index (κ3) is 2.80. The van der Waals surface area contributed by atoms with Crippen molar-refractivity contribution in [2.75, 3.05) is 25.5 Å². The van der Waals surface area contributed by atoms with Crippen molar-refractivity contribution in [3.05, 3.63) is 5.15 Å². The summed E-state index contributed by atoms with van der Waals surface area (Å²) in [5, 5.41) is 3.74. The van der Waals surface area contributed by atoms with Gasteiger partial charge in [-0.25, -0.2) is 0 Å². The molecule has 1 aliphatic heterocycles. The van der Waals surface area contributed by atoms with Crippen molar-refractivity contribution < 1.29 is 0 Å². The molecule has 1 aromatic rings. The van der Waals surface area contributed by atoms with Crippen LogP contribution in [-0.4, -0.2) is 39.8 Å². The van der Waals surface area contributed by atoms with Gasteiger partial charge >= 0.3 is 0 Å². The Hall–Kier alpha value is -0.390. The Balaban J connectivity index is 1.84. The second kappa shape index (κ2) is 5.09. The van der Waals surface area contributed by atoms with Crippen LogP contribution in [0.3, 0.4) is 0 Å². The monoisotopic (exact) mass is 246 g/mol. The molecular weight excluding hydrogens is 232 g/mol. The minimum Gasteiger partial charge on any atom is -0.365 e. The van der Waals surface area contributed by atoms with E-state index in [9.17, 15) is 0 Å². The number of hydrogen-bond acceptors (Lipinski definition) is 5. The zero-order valence-corrected chi connectivity index (χ0v) is 10.3. The number of rotatable bonds is 3. The van der Waals surface area contributed by atoms with Crippen molar-refractivity contribution >= 4 is 29.1 Å². The van der Waals surface area contributed by atoms with Gasteiger partial charge in [0.2, 0.25) is 0 Å². The second-order valence-corrected chi connectivity index (χ2v) is 4.80. The number of likely N-dealkylation sites (N-methyl/N-ethyl adjacent to an activating group) is 1. The predicted molar refractivity (Wildman–Crippen MR) is 63.7 cm³/mol. The molecule has 2 heterocycles. The first-order chi connectivity index (χ1) is 7.27. The summed E-state index contributed by atoms with van der Waals surface area (Å²) < 4.78 is 8.01. The van der Waals surface area contributed by atoms with Gasteiger partial charge in [-0.05, 0) is 26.4 Å². The van der Waals surface area contributed by atoms with Gasteiger partial charge in [-0.3, -0.25) is 0 Å². The summed E-state index contributed by atoms with van der Waals surface area (Å²) in [6.45, 7) is 2.09. The van der Waals surface area contributed by atoms with Crippen molar-refractivity contribution in [3.8, 4) is 0 Å². The van der Waals surface area contributed by atoms with Crippen LogP contribution in [0.4, 0.5) is 5.82 Å². The van der Waals surface area contributed by atoms with E-state index in [0.717, 1.165) is 24.1 Å². The highest BCUT2D eigenvalue weighted by molar-refractivity contribution is 6.99. The van der Waals surface area contributed by atoms with Gasteiger partial charge in [-0.2, -0.15) is 8.75 Å². The van der Waals surface area contributed by atoms with E-state index in [4.69, 9.17) is 11.6 Å². The van der Waals surface area contributed by atoms with Crippen molar-refractivity contribution in [3.63, 3.8) is 0 Å².